The van der Waals surface area contributed by atoms with Crippen molar-refractivity contribution in [3.63, 3.8) is 0 Å². The number of likely N-dealkylation sites (tertiary alicyclic amines) is 1. The van der Waals surface area contributed by atoms with Crippen LogP contribution < -0.4 is 5.73 Å². The van der Waals surface area contributed by atoms with E-state index in [2.05, 4.69) is 0 Å². The summed E-state index contributed by atoms with van der Waals surface area (Å²) >= 11 is 0. The molecule has 5 nitrogen and oxygen atoms in total. The minimum absolute atomic E-state index is 0.0504. The molecule has 1 aliphatic rings. The van der Waals surface area contributed by atoms with Gasteiger partial charge < -0.3 is 15.4 Å². The number of amides is 1. The maximum atomic E-state index is 11.7. The SMILES string of the molecule is NC1CCN(C(=O)OCc2ccccc2)CC1=O. The molecule has 0 saturated carbocycles. The Balaban J connectivity index is 1.83. The second-order valence-corrected chi connectivity index (χ2v) is 4.32. The minimum atomic E-state index is -0.459. The third kappa shape index (κ3) is 3.07. The molecular formula is C13H16N2O3. The average molecular weight is 248 g/mol. The van der Waals surface area contributed by atoms with Crippen LogP contribution in [-0.2, 0) is 16.1 Å². The van der Waals surface area contributed by atoms with E-state index >= 15 is 0 Å². The number of benzene rings is 1. The standard InChI is InChI=1S/C13H16N2O3/c14-11-6-7-15(8-12(11)16)13(17)18-9-10-4-2-1-3-5-10/h1-5,11H,6-9,14H2. The van der Waals surface area contributed by atoms with Crippen molar-refractivity contribution in [3.8, 4) is 0 Å². The number of nitrogens with two attached hydrogens (primary N) is 1. The summed E-state index contributed by atoms with van der Waals surface area (Å²) in [5.41, 5.74) is 6.50. The van der Waals surface area contributed by atoms with Crippen molar-refractivity contribution in [2.24, 2.45) is 5.73 Å². The summed E-state index contributed by atoms with van der Waals surface area (Å²) in [7, 11) is 0. The van der Waals surface area contributed by atoms with Crippen LogP contribution in [0.15, 0.2) is 30.3 Å². The lowest BCUT2D eigenvalue weighted by atomic mass is 10.1. The van der Waals surface area contributed by atoms with Gasteiger partial charge >= 0.3 is 6.09 Å². The molecule has 96 valence electrons. The van der Waals surface area contributed by atoms with Gasteiger partial charge in [-0.05, 0) is 12.0 Å². The summed E-state index contributed by atoms with van der Waals surface area (Å²) in [5.74, 6) is -0.113. The quantitative estimate of drug-likeness (QED) is 0.845. The summed E-state index contributed by atoms with van der Waals surface area (Å²) in [5, 5.41) is 0. The van der Waals surface area contributed by atoms with Crippen LogP contribution >= 0.6 is 0 Å². The van der Waals surface area contributed by atoms with Gasteiger partial charge in [-0.1, -0.05) is 30.3 Å². The van der Waals surface area contributed by atoms with Gasteiger partial charge in [0.05, 0.1) is 12.6 Å². The summed E-state index contributed by atoms with van der Waals surface area (Å²) in [6.45, 7) is 0.742. The smallest absolute Gasteiger partial charge is 0.410 e. The fourth-order valence-electron chi connectivity index (χ4n) is 1.81. The van der Waals surface area contributed by atoms with Gasteiger partial charge in [-0.3, -0.25) is 4.79 Å². The molecule has 0 aromatic heterocycles. The van der Waals surface area contributed by atoms with Gasteiger partial charge in [0.1, 0.15) is 6.61 Å². The Morgan fingerprint density at radius 3 is 2.78 bits per heavy atom. The molecule has 1 aromatic carbocycles. The highest BCUT2D eigenvalue weighted by Gasteiger charge is 2.27. The number of rotatable bonds is 2. The van der Waals surface area contributed by atoms with Crippen molar-refractivity contribution in [1.82, 2.24) is 4.90 Å². The molecule has 0 radical (unpaired) electrons. The van der Waals surface area contributed by atoms with E-state index < -0.39 is 12.1 Å². The molecule has 1 aliphatic heterocycles. The van der Waals surface area contributed by atoms with Crippen molar-refractivity contribution >= 4 is 11.9 Å². The molecular weight excluding hydrogens is 232 g/mol. The van der Waals surface area contributed by atoms with Crippen LogP contribution in [0.3, 0.4) is 0 Å². The van der Waals surface area contributed by atoms with E-state index in [9.17, 15) is 9.59 Å². The van der Waals surface area contributed by atoms with Crippen molar-refractivity contribution in [1.29, 1.82) is 0 Å². The highest BCUT2D eigenvalue weighted by Crippen LogP contribution is 2.08. The van der Waals surface area contributed by atoms with Crippen LogP contribution in [0.5, 0.6) is 0 Å². The molecule has 1 aromatic rings. The van der Waals surface area contributed by atoms with Gasteiger partial charge in [0.2, 0.25) is 0 Å². The Kier molecular flexibility index (Phi) is 3.94. The molecule has 0 spiro atoms. The van der Waals surface area contributed by atoms with Gasteiger partial charge in [-0.25, -0.2) is 4.79 Å². The maximum absolute atomic E-state index is 11.7. The number of ether oxygens (including phenoxy) is 1. The predicted octanol–water partition coefficient (Wildman–Crippen LogP) is 0.925. The average Bonchev–Trinajstić information content (AvgIpc) is 2.40. The predicted molar refractivity (Wildman–Crippen MR) is 65.8 cm³/mol. The molecule has 2 N–H and O–H groups in total. The Bertz CT molecular complexity index is 433. The third-order valence-electron chi connectivity index (χ3n) is 2.93. The monoisotopic (exact) mass is 248 g/mol. The van der Waals surface area contributed by atoms with Gasteiger partial charge in [0.25, 0.3) is 0 Å². The first-order chi connectivity index (χ1) is 8.66. The first-order valence-corrected chi connectivity index (χ1v) is 5.91. The van der Waals surface area contributed by atoms with Crippen LogP contribution in [0, 0.1) is 0 Å². The molecule has 2 rings (SSSR count). The van der Waals surface area contributed by atoms with Gasteiger partial charge in [-0.15, -0.1) is 0 Å². The highest BCUT2D eigenvalue weighted by molar-refractivity contribution is 5.89. The molecule has 0 aliphatic carbocycles. The largest absolute Gasteiger partial charge is 0.445 e. The highest BCUT2D eigenvalue weighted by atomic mass is 16.6. The molecule has 1 atom stereocenters. The van der Waals surface area contributed by atoms with Crippen molar-refractivity contribution < 1.29 is 14.3 Å². The molecule has 1 unspecified atom stereocenters. The molecule has 0 bridgehead atoms. The van der Waals surface area contributed by atoms with E-state index in [1.54, 1.807) is 0 Å². The van der Waals surface area contributed by atoms with Crippen LogP contribution in [0.1, 0.15) is 12.0 Å². The minimum Gasteiger partial charge on any atom is -0.445 e. The lowest BCUT2D eigenvalue weighted by Crippen LogP contribution is -2.49. The molecule has 1 saturated heterocycles. The van der Waals surface area contributed by atoms with E-state index in [4.69, 9.17) is 10.5 Å². The zero-order chi connectivity index (χ0) is 13.0. The Hall–Kier alpha value is -1.88. The number of carbonyl (C=O) groups is 2. The summed E-state index contributed by atoms with van der Waals surface area (Å²) in [6.07, 6.45) is 0.0401. The lowest BCUT2D eigenvalue weighted by molar-refractivity contribution is -0.123. The van der Waals surface area contributed by atoms with Crippen LogP contribution in [0.2, 0.25) is 0 Å². The number of carbonyl (C=O) groups excluding carboxylic acids is 2. The van der Waals surface area contributed by atoms with E-state index in [-0.39, 0.29) is 18.9 Å². The van der Waals surface area contributed by atoms with Crippen LogP contribution in [0.4, 0.5) is 4.79 Å². The molecule has 1 amide bonds. The Morgan fingerprint density at radius 1 is 1.39 bits per heavy atom. The fraction of sp³-hybridized carbons (Fsp3) is 0.385. The number of nitrogens with zero attached hydrogens (tertiary/aromatic N) is 1. The van der Waals surface area contributed by atoms with Crippen LogP contribution in [0.25, 0.3) is 0 Å². The van der Waals surface area contributed by atoms with Crippen LogP contribution in [-0.4, -0.2) is 35.9 Å². The number of Topliss-reactive ketones (excluding diaryl/α,β-unsaturated/α-hetero) is 1. The number of hydrogen-bond donors (Lipinski definition) is 1. The van der Waals surface area contributed by atoms with Crippen molar-refractivity contribution in [3.05, 3.63) is 35.9 Å². The number of hydrogen-bond acceptors (Lipinski definition) is 4. The maximum Gasteiger partial charge on any atom is 0.410 e. The number of piperidine rings is 1. The first kappa shape index (κ1) is 12.6. The van der Waals surface area contributed by atoms with Crippen molar-refractivity contribution in [2.45, 2.75) is 19.1 Å². The molecule has 18 heavy (non-hydrogen) atoms. The van der Waals surface area contributed by atoms with Gasteiger partial charge in [0, 0.05) is 6.54 Å². The topological polar surface area (TPSA) is 72.6 Å². The zero-order valence-corrected chi connectivity index (χ0v) is 10.0. The van der Waals surface area contributed by atoms with E-state index in [1.165, 1.54) is 4.90 Å². The zero-order valence-electron chi connectivity index (χ0n) is 10.0. The second kappa shape index (κ2) is 5.64. The third-order valence-corrected chi connectivity index (χ3v) is 2.93. The fourth-order valence-corrected chi connectivity index (χ4v) is 1.81. The summed E-state index contributed by atoms with van der Waals surface area (Å²) in [4.78, 5) is 24.5. The second-order valence-electron chi connectivity index (χ2n) is 4.32. The van der Waals surface area contributed by atoms with E-state index in [0.717, 1.165) is 5.56 Å². The van der Waals surface area contributed by atoms with E-state index in [1.807, 2.05) is 30.3 Å². The summed E-state index contributed by atoms with van der Waals surface area (Å²) in [6, 6.07) is 8.98. The van der Waals surface area contributed by atoms with Crippen molar-refractivity contribution in [2.75, 3.05) is 13.1 Å². The number of ketones is 1. The molecule has 1 heterocycles. The summed E-state index contributed by atoms with van der Waals surface area (Å²) < 4.78 is 5.15. The normalized spacial score (nSPS) is 19.7. The molecule has 1 fully saturated rings. The Labute approximate surface area is 106 Å². The first-order valence-electron chi connectivity index (χ1n) is 5.91. The van der Waals surface area contributed by atoms with Gasteiger partial charge in [-0.2, -0.15) is 0 Å². The Morgan fingerprint density at radius 2 is 2.11 bits per heavy atom. The lowest BCUT2D eigenvalue weighted by Gasteiger charge is -2.28. The van der Waals surface area contributed by atoms with Gasteiger partial charge in [0.15, 0.2) is 5.78 Å². The molecule has 5 heteroatoms. The van der Waals surface area contributed by atoms with E-state index in [0.29, 0.717) is 13.0 Å².